The summed E-state index contributed by atoms with van der Waals surface area (Å²) in [6.07, 6.45) is 3.79. The van der Waals surface area contributed by atoms with Crippen LogP contribution in [0, 0.1) is 41.6 Å². The van der Waals surface area contributed by atoms with Gasteiger partial charge in [-0.15, -0.1) is 0 Å². The number of allylic oxidation sites excluding steroid dienone is 2. The topological polar surface area (TPSA) is 26.3 Å². The minimum Gasteiger partial charge on any atom is -0.460 e. The summed E-state index contributed by atoms with van der Waals surface area (Å²) in [5, 5.41) is 0. The molecule has 1 aromatic rings. The van der Waals surface area contributed by atoms with Crippen LogP contribution in [0.5, 0.6) is 0 Å². The maximum atomic E-state index is 13.9. The van der Waals surface area contributed by atoms with Gasteiger partial charge in [0.05, 0.1) is 10.4 Å². The van der Waals surface area contributed by atoms with Gasteiger partial charge in [-0.1, -0.05) is 26.0 Å². The Kier molecular flexibility index (Phi) is 4.95. The number of rotatable bonds is 4. The van der Waals surface area contributed by atoms with Crippen LogP contribution < -0.4 is 0 Å². The molecule has 2 nitrogen and oxygen atoms in total. The lowest BCUT2D eigenvalue weighted by atomic mass is 10.1. The summed E-state index contributed by atoms with van der Waals surface area (Å²) in [7, 11) is 0. The normalized spacial score (nSPS) is 22.4. The largest absolute Gasteiger partial charge is 0.460 e. The van der Waals surface area contributed by atoms with Gasteiger partial charge in [-0.25, -0.2) is 13.2 Å². The second kappa shape index (κ2) is 6.30. The van der Waals surface area contributed by atoms with Gasteiger partial charge in [0.25, 0.3) is 0 Å². The van der Waals surface area contributed by atoms with Crippen molar-refractivity contribution in [3.63, 3.8) is 0 Å². The van der Waals surface area contributed by atoms with E-state index in [9.17, 15) is 18.0 Å². The summed E-state index contributed by atoms with van der Waals surface area (Å²) in [5.41, 5.74) is -0.982. The van der Waals surface area contributed by atoms with Crippen molar-refractivity contribution in [3.05, 3.63) is 45.2 Å². The molecule has 0 aliphatic heterocycles. The minimum atomic E-state index is -1.27. The van der Waals surface area contributed by atoms with Crippen LogP contribution in [0.3, 0.4) is 0 Å². The molecule has 2 atom stereocenters. The molecule has 2 rings (SSSR count). The van der Waals surface area contributed by atoms with E-state index in [2.05, 4.69) is 15.9 Å². The molecule has 1 aromatic carbocycles. The Morgan fingerprint density at radius 1 is 1.26 bits per heavy atom. The molecule has 2 unspecified atom stereocenters. The summed E-state index contributed by atoms with van der Waals surface area (Å²) < 4.78 is 46.3. The molecule has 23 heavy (non-hydrogen) atoms. The zero-order valence-corrected chi connectivity index (χ0v) is 14.9. The van der Waals surface area contributed by atoms with Crippen LogP contribution in [0.4, 0.5) is 13.2 Å². The SMILES string of the molecule is CC=CC1C(C(=O)OCc2c(F)c(F)c(C)c(F)c2Br)C1(C)C. The average Bonchev–Trinajstić information content (AvgIpc) is 3.04. The van der Waals surface area contributed by atoms with Crippen molar-refractivity contribution in [2.24, 2.45) is 17.3 Å². The standard InChI is InChI=1S/C17H18BrF3O2/c1-5-6-10-11(17(10,3)4)16(22)23-7-9-12(18)13(19)8(2)14(20)15(9)21/h5-6,10-11H,7H2,1-4H3. The Bertz CT molecular complexity index is 654. The highest BCUT2D eigenvalue weighted by Crippen LogP contribution is 2.59. The molecule has 0 spiro atoms. The van der Waals surface area contributed by atoms with E-state index in [1.807, 2.05) is 32.9 Å². The molecule has 0 saturated heterocycles. The smallest absolute Gasteiger partial charge is 0.310 e. The molecular formula is C17H18BrF3O2. The zero-order valence-electron chi connectivity index (χ0n) is 13.3. The third-order valence-corrected chi connectivity index (χ3v) is 5.32. The maximum Gasteiger partial charge on any atom is 0.310 e. The number of hydrogen-bond donors (Lipinski definition) is 0. The summed E-state index contributed by atoms with van der Waals surface area (Å²) >= 11 is 2.89. The number of carbonyl (C=O) groups excluding carboxylic acids is 1. The Morgan fingerprint density at radius 2 is 1.87 bits per heavy atom. The molecule has 126 valence electrons. The van der Waals surface area contributed by atoms with E-state index in [1.54, 1.807) is 0 Å². The minimum absolute atomic E-state index is 0.0553. The predicted molar refractivity (Wildman–Crippen MR) is 84.1 cm³/mol. The molecule has 1 saturated carbocycles. The molecule has 1 aliphatic rings. The Labute approximate surface area is 141 Å². The lowest BCUT2D eigenvalue weighted by Crippen LogP contribution is -2.13. The molecule has 0 radical (unpaired) electrons. The Hall–Kier alpha value is -1.30. The van der Waals surface area contributed by atoms with Crippen LogP contribution in [-0.2, 0) is 16.1 Å². The van der Waals surface area contributed by atoms with E-state index >= 15 is 0 Å². The van der Waals surface area contributed by atoms with Gasteiger partial charge in [-0.3, -0.25) is 4.79 Å². The van der Waals surface area contributed by atoms with E-state index in [-0.39, 0.29) is 27.3 Å². The van der Waals surface area contributed by atoms with Crippen molar-refractivity contribution >= 4 is 21.9 Å². The Morgan fingerprint density at radius 3 is 2.43 bits per heavy atom. The third-order valence-electron chi connectivity index (χ3n) is 4.50. The van der Waals surface area contributed by atoms with Gasteiger partial charge in [0.15, 0.2) is 11.6 Å². The molecule has 0 N–H and O–H groups in total. The Balaban J connectivity index is 2.15. The summed E-state index contributed by atoms with van der Waals surface area (Å²) in [6, 6.07) is 0. The van der Waals surface area contributed by atoms with Gasteiger partial charge in [-0.05, 0) is 41.1 Å². The van der Waals surface area contributed by atoms with Gasteiger partial charge >= 0.3 is 5.97 Å². The average molecular weight is 391 g/mol. The van der Waals surface area contributed by atoms with E-state index in [4.69, 9.17) is 4.74 Å². The number of benzene rings is 1. The first-order chi connectivity index (χ1) is 10.6. The molecule has 0 amide bonds. The number of halogens is 4. The van der Waals surface area contributed by atoms with Gasteiger partial charge in [0, 0.05) is 11.1 Å². The number of hydrogen-bond acceptors (Lipinski definition) is 2. The van der Waals surface area contributed by atoms with Gasteiger partial charge in [0.2, 0.25) is 0 Å². The number of esters is 1. The van der Waals surface area contributed by atoms with Crippen LogP contribution in [0.1, 0.15) is 31.9 Å². The summed E-state index contributed by atoms with van der Waals surface area (Å²) in [5.74, 6) is -4.14. The second-order valence-electron chi connectivity index (χ2n) is 6.32. The molecule has 0 aromatic heterocycles. The first-order valence-electron chi connectivity index (χ1n) is 7.25. The van der Waals surface area contributed by atoms with E-state index in [1.165, 1.54) is 0 Å². The quantitative estimate of drug-likeness (QED) is 0.407. The molecule has 0 heterocycles. The van der Waals surface area contributed by atoms with Crippen molar-refractivity contribution in [2.45, 2.75) is 34.3 Å². The third kappa shape index (κ3) is 3.05. The fourth-order valence-corrected chi connectivity index (χ4v) is 3.43. The molecular weight excluding hydrogens is 373 g/mol. The number of carbonyl (C=O) groups is 1. The lowest BCUT2D eigenvalue weighted by molar-refractivity contribution is -0.147. The van der Waals surface area contributed by atoms with Gasteiger partial charge in [0.1, 0.15) is 12.4 Å². The van der Waals surface area contributed by atoms with Crippen molar-refractivity contribution in [1.29, 1.82) is 0 Å². The maximum absolute atomic E-state index is 13.9. The number of ether oxygens (including phenoxy) is 1. The molecule has 1 aliphatic carbocycles. The summed E-state index contributed by atoms with van der Waals surface area (Å²) in [4.78, 5) is 12.2. The van der Waals surface area contributed by atoms with E-state index < -0.39 is 35.6 Å². The van der Waals surface area contributed by atoms with Crippen LogP contribution in [0.2, 0.25) is 0 Å². The van der Waals surface area contributed by atoms with Crippen molar-refractivity contribution in [2.75, 3.05) is 0 Å². The van der Waals surface area contributed by atoms with Crippen LogP contribution in [0.15, 0.2) is 16.6 Å². The van der Waals surface area contributed by atoms with Crippen molar-refractivity contribution in [1.82, 2.24) is 0 Å². The van der Waals surface area contributed by atoms with Crippen LogP contribution in [0.25, 0.3) is 0 Å². The van der Waals surface area contributed by atoms with E-state index in [0.29, 0.717) is 0 Å². The fourth-order valence-electron chi connectivity index (χ4n) is 2.84. The highest BCUT2D eigenvalue weighted by atomic mass is 79.9. The van der Waals surface area contributed by atoms with E-state index in [0.717, 1.165) is 6.92 Å². The van der Waals surface area contributed by atoms with Crippen LogP contribution >= 0.6 is 15.9 Å². The molecule has 6 heteroatoms. The highest BCUT2D eigenvalue weighted by Gasteiger charge is 2.61. The monoisotopic (exact) mass is 390 g/mol. The van der Waals surface area contributed by atoms with Crippen molar-refractivity contribution in [3.8, 4) is 0 Å². The first kappa shape index (κ1) is 18.0. The predicted octanol–water partition coefficient (Wildman–Crippen LogP) is 5.07. The van der Waals surface area contributed by atoms with Gasteiger partial charge < -0.3 is 4.74 Å². The highest BCUT2D eigenvalue weighted by molar-refractivity contribution is 9.10. The van der Waals surface area contributed by atoms with Crippen molar-refractivity contribution < 1.29 is 22.7 Å². The second-order valence-corrected chi connectivity index (χ2v) is 7.11. The lowest BCUT2D eigenvalue weighted by Gasteiger charge is -2.12. The zero-order chi connectivity index (χ0) is 17.5. The molecule has 1 fully saturated rings. The van der Waals surface area contributed by atoms with Crippen LogP contribution in [-0.4, -0.2) is 5.97 Å². The summed E-state index contributed by atoms with van der Waals surface area (Å²) in [6.45, 7) is 6.36. The fraction of sp³-hybridized carbons (Fsp3) is 0.471. The van der Waals surface area contributed by atoms with Gasteiger partial charge in [-0.2, -0.15) is 0 Å². The first-order valence-corrected chi connectivity index (χ1v) is 8.04. The molecule has 0 bridgehead atoms.